The van der Waals surface area contributed by atoms with E-state index in [4.69, 9.17) is 4.98 Å². The van der Waals surface area contributed by atoms with Gasteiger partial charge in [0.05, 0.1) is 0 Å². The van der Waals surface area contributed by atoms with Crippen molar-refractivity contribution in [2.75, 3.05) is 18.0 Å². The van der Waals surface area contributed by atoms with Gasteiger partial charge in [0.25, 0.3) is 0 Å². The van der Waals surface area contributed by atoms with E-state index in [1.807, 2.05) is 6.20 Å². The summed E-state index contributed by atoms with van der Waals surface area (Å²) in [7, 11) is 0. The summed E-state index contributed by atoms with van der Waals surface area (Å²) in [4.78, 5) is 7.33. The normalized spacial score (nSPS) is 18.6. The van der Waals surface area contributed by atoms with E-state index in [0.717, 1.165) is 25.0 Å². The van der Waals surface area contributed by atoms with Crippen LogP contribution in [0.5, 0.6) is 0 Å². The van der Waals surface area contributed by atoms with Crippen LogP contribution in [0.15, 0.2) is 12.3 Å². The third-order valence-corrected chi connectivity index (χ3v) is 4.10. The first-order valence-corrected chi connectivity index (χ1v) is 7.70. The maximum absolute atomic E-state index is 4.76. The molecular weight excluding hydrogens is 234 g/mol. The molecule has 2 saturated carbocycles. The molecule has 0 unspecified atom stereocenters. The standard InChI is InChI=1S/C16H25N3/c1-3-17-9-14-8-12(2)16(18-10-14)19(15-6-7-15)11-13-4-5-13/h8,10,13,15,17H,3-7,9,11H2,1-2H3. The summed E-state index contributed by atoms with van der Waals surface area (Å²) < 4.78 is 0. The topological polar surface area (TPSA) is 28.2 Å². The van der Waals surface area contributed by atoms with Crippen LogP contribution in [0, 0.1) is 12.8 Å². The Kier molecular flexibility index (Phi) is 3.74. The van der Waals surface area contributed by atoms with Gasteiger partial charge in [0, 0.05) is 25.3 Å². The molecular formula is C16H25N3. The lowest BCUT2D eigenvalue weighted by Crippen LogP contribution is -2.29. The van der Waals surface area contributed by atoms with Gasteiger partial charge >= 0.3 is 0 Å². The van der Waals surface area contributed by atoms with Gasteiger partial charge in [0.15, 0.2) is 0 Å². The van der Waals surface area contributed by atoms with Crippen LogP contribution in [-0.4, -0.2) is 24.1 Å². The molecule has 0 spiro atoms. The Hall–Kier alpha value is -1.09. The van der Waals surface area contributed by atoms with Gasteiger partial charge in [-0.2, -0.15) is 0 Å². The molecule has 3 heteroatoms. The zero-order chi connectivity index (χ0) is 13.2. The van der Waals surface area contributed by atoms with E-state index in [9.17, 15) is 0 Å². The first kappa shape index (κ1) is 12.9. The Morgan fingerprint density at radius 3 is 2.68 bits per heavy atom. The molecule has 0 atom stereocenters. The molecule has 0 amide bonds. The Morgan fingerprint density at radius 2 is 2.11 bits per heavy atom. The summed E-state index contributed by atoms with van der Waals surface area (Å²) in [6.45, 7) is 7.51. The highest BCUT2D eigenvalue weighted by Crippen LogP contribution is 2.37. The lowest BCUT2D eigenvalue weighted by Gasteiger charge is -2.25. The number of rotatable bonds is 7. The lowest BCUT2D eigenvalue weighted by molar-refractivity contribution is 0.700. The minimum atomic E-state index is 0.770. The van der Waals surface area contributed by atoms with E-state index < -0.39 is 0 Å². The molecule has 1 aromatic heterocycles. The Labute approximate surface area is 116 Å². The van der Waals surface area contributed by atoms with E-state index in [1.54, 1.807) is 0 Å². The van der Waals surface area contributed by atoms with Gasteiger partial charge in [-0.25, -0.2) is 4.98 Å². The molecule has 1 N–H and O–H groups in total. The lowest BCUT2D eigenvalue weighted by atomic mass is 10.2. The molecule has 3 rings (SSSR count). The fourth-order valence-electron chi connectivity index (χ4n) is 2.67. The van der Waals surface area contributed by atoms with Gasteiger partial charge in [-0.1, -0.05) is 6.92 Å². The van der Waals surface area contributed by atoms with Gasteiger partial charge in [0.2, 0.25) is 0 Å². The van der Waals surface area contributed by atoms with Crippen molar-refractivity contribution in [3.05, 3.63) is 23.4 Å². The van der Waals surface area contributed by atoms with E-state index in [2.05, 4.69) is 30.1 Å². The van der Waals surface area contributed by atoms with Crippen molar-refractivity contribution in [3.63, 3.8) is 0 Å². The molecule has 0 radical (unpaired) electrons. The van der Waals surface area contributed by atoms with E-state index in [-0.39, 0.29) is 0 Å². The third-order valence-electron chi connectivity index (χ3n) is 4.10. The van der Waals surface area contributed by atoms with Crippen LogP contribution in [0.25, 0.3) is 0 Å². The minimum Gasteiger partial charge on any atom is -0.353 e. The van der Waals surface area contributed by atoms with Gasteiger partial charge in [-0.15, -0.1) is 0 Å². The van der Waals surface area contributed by atoms with Crippen molar-refractivity contribution in [1.29, 1.82) is 0 Å². The van der Waals surface area contributed by atoms with Gasteiger partial charge in [-0.3, -0.25) is 0 Å². The number of hydrogen-bond acceptors (Lipinski definition) is 3. The predicted molar refractivity (Wildman–Crippen MR) is 79.4 cm³/mol. The van der Waals surface area contributed by atoms with Crippen LogP contribution in [0.2, 0.25) is 0 Å². The molecule has 0 aliphatic heterocycles. The van der Waals surface area contributed by atoms with Crippen LogP contribution in [0.3, 0.4) is 0 Å². The summed E-state index contributed by atoms with van der Waals surface area (Å²) in [5, 5.41) is 3.36. The summed E-state index contributed by atoms with van der Waals surface area (Å²) in [5.41, 5.74) is 2.63. The van der Waals surface area contributed by atoms with Crippen LogP contribution in [0.4, 0.5) is 5.82 Å². The summed E-state index contributed by atoms with van der Waals surface area (Å²) in [6, 6.07) is 3.07. The predicted octanol–water partition coefficient (Wildman–Crippen LogP) is 2.88. The Balaban J connectivity index is 1.74. The van der Waals surface area contributed by atoms with Crippen molar-refractivity contribution < 1.29 is 0 Å². The largest absolute Gasteiger partial charge is 0.353 e. The first-order chi connectivity index (χ1) is 9.28. The molecule has 2 fully saturated rings. The second-order valence-corrected chi connectivity index (χ2v) is 6.09. The van der Waals surface area contributed by atoms with Gasteiger partial charge < -0.3 is 10.2 Å². The maximum atomic E-state index is 4.76. The Bertz CT molecular complexity index is 436. The molecule has 1 heterocycles. The second kappa shape index (κ2) is 5.49. The van der Waals surface area contributed by atoms with E-state index in [1.165, 1.54) is 49.2 Å². The highest BCUT2D eigenvalue weighted by molar-refractivity contribution is 5.49. The number of aryl methyl sites for hydroxylation is 1. The maximum Gasteiger partial charge on any atom is 0.131 e. The van der Waals surface area contributed by atoms with Crippen molar-refractivity contribution in [1.82, 2.24) is 10.3 Å². The average molecular weight is 259 g/mol. The van der Waals surface area contributed by atoms with E-state index >= 15 is 0 Å². The summed E-state index contributed by atoms with van der Waals surface area (Å²) >= 11 is 0. The summed E-state index contributed by atoms with van der Waals surface area (Å²) in [6.07, 6.45) is 7.59. The molecule has 104 valence electrons. The second-order valence-electron chi connectivity index (χ2n) is 6.09. The van der Waals surface area contributed by atoms with Gasteiger partial charge in [0.1, 0.15) is 5.82 Å². The number of nitrogens with zero attached hydrogens (tertiary/aromatic N) is 2. The van der Waals surface area contributed by atoms with Crippen LogP contribution in [-0.2, 0) is 6.54 Å². The highest BCUT2D eigenvalue weighted by Gasteiger charge is 2.34. The molecule has 0 bridgehead atoms. The number of nitrogens with one attached hydrogen (secondary N) is 1. The highest BCUT2D eigenvalue weighted by atomic mass is 15.2. The van der Waals surface area contributed by atoms with E-state index in [0.29, 0.717) is 0 Å². The van der Waals surface area contributed by atoms with Gasteiger partial charge in [-0.05, 0) is 62.3 Å². The third kappa shape index (κ3) is 3.27. The Morgan fingerprint density at radius 1 is 1.32 bits per heavy atom. The van der Waals surface area contributed by atoms with Crippen molar-refractivity contribution in [2.24, 2.45) is 5.92 Å². The molecule has 0 aromatic carbocycles. The molecule has 0 saturated heterocycles. The van der Waals surface area contributed by atoms with Crippen molar-refractivity contribution >= 4 is 5.82 Å². The number of aromatic nitrogens is 1. The molecule has 3 nitrogen and oxygen atoms in total. The van der Waals surface area contributed by atoms with Crippen molar-refractivity contribution in [2.45, 2.75) is 52.1 Å². The fraction of sp³-hybridized carbons (Fsp3) is 0.688. The summed E-state index contributed by atoms with van der Waals surface area (Å²) in [5.74, 6) is 2.16. The van der Waals surface area contributed by atoms with Crippen LogP contribution >= 0.6 is 0 Å². The van der Waals surface area contributed by atoms with Crippen LogP contribution < -0.4 is 10.2 Å². The molecule has 1 aromatic rings. The van der Waals surface area contributed by atoms with Crippen molar-refractivity contribution in [3.8, 4) is 0 Å². The molecule has 19 heavy (non-hydrogen) atoms. The average Bonchev–Trinajstić information content (AvgIpc) is 3.27. The van der Waals surface area contributed by atoms with Crippen LogP contribution in [0.1, 0.15) is 43.7 Å². The molecule has 2 aliphatic carbocycles. The SMILES string of the molecule is CCNCc1cnc(N(CC2CC2)C2CC2)c(C)c1. The number of hydrogen-bond donors (Lipinski definition) is 1. The fourth-order valence-corrected chi connectivity index (χ4v) is 2.67. The quantitative estimate of drug-likeness (QED) is 0.816. The monoisotopic (exact) mass is 259 g/mol. The number of anilines is 1. The molecule has 2 aliphatic rings. The zero-order valence-electron chi connectivity index (χ0n) is 12.2. The zero-order valence-corrected chi connectivity index (χ0v) is 12.2. The first-order valence-electron chi connectivity index (χ1n) is 7.70. The minimum absolute atomic E-state index is 0.770. The smallest absolute Gasteiger partial charge is 0.131 e. The number of pyridine rings is 1.